The summed E-state index contributed by atoms with van der Waals surface area (Å²) in [5.41, 5.74) is 4.64. The molecule has 1 amide bonds. The number of nitrogens with two attached hydrogens (primary N) is 1. The predicted octanol–water partition coefficient (Wildman–Crippen LogP) is 0.445. The van der Waals surface area contributed by atoms with E-state index in [9.17, 15) is 19.2 Å². The highest BCUT2D eigenvalue weighted by molar-refractivity contribution is 5.89. The van der Waals surface area contributed by atoms with Crippen LogP contribution in [0.4, 0.5) is 0 Å². The first-order valence-corrected chi connectivity index (χ1v) is 9.68. The van der Waals surface area contributed by atoms with Gasteiger partial charge < -0.3 is 19.8 Å². The van der Waals surface area contributed by atoms with E-state index in [1.165, 1.54) is 21.3 Å². The molecule has 164 valence electrons. The number of benzene rings is 1. The van der Waals surface area contributed by atoms with E-state index in [1.54, 1.807) is 19.2 Å². The minimum atomic E-state index is -0.645. The summed E-state index contributed by atoms with van der Waals surface area (Å²) in [7, 11) is 1.61. The maximum absolute atomic E-state index is 12.4. The van der Waals surface area contributed by atoms with Crippen LogP contribution in [-0.4, -0.2) is 37.6 Å². The van der Waals surface area contributed by atoms with Crippen LogP contribution in [0.3, 0.4) is 0 Å². The van der Waals surface area contributed by atoms with Crippen LogP contribution in [-0.2, 0) is 29.7 Å². The Hall–Kier alpha value is -3.89. The van der Waals surface area contributed by atoms with Gasteiger partial charge in [0, 0.05) is 13.6 Å². The lowest BCUT2D eigenvalue weighted by atomic mass is 10.2. The summed E-state index contributed by atoms with van der Waals surface area (Å²) in [5.74, 6) is -0.677. The van der Waals surface area contributed by atoms with E-state index in [4.69, 9.17) is 15.2 Å². The van der Waals surface area contributed by atoms with Gasteiger partial charge in [-0.3, -0.25) is 19.1 Å². The van der Waals surface area contributed by atoms with Gasteiger partial charge in [-0.25, -0.2) is 14.6 Å². The monoisotopic (exact) mass is 429 g/mol. The van der Waals surface area contributed by atoms with E-state index in [-0.39, 0.29) is 29.9 Å². The molecule has 3 aromatic rings. The Morgan fingerprint density at radius 2 is 2.03 bits per heavy atom. The summed E-state index contributed by atoms with van der Waals surface area (Å²) in [6, 6.07) is 6.11. The number of unbranched alkanes of at least 4 members (excludes halogenated alkanes) is 1. The standard InChI is InChI=1S/C20H23N5O6/c1-3-4-8-25-17-16(18(27)23-20(25)29)24(2)15(22-17)11-31-19(28)12-6-5-7-13(9-12)30-10-14(21)26/h5-7,9H,3-4,8,10-11H2,1-2H3,(H2,21,26)(H,23,27,29). The van der Waals surface area contributed by atoms with Crippen LogP contribution in [0.5, 0.6) is 5.75 Å². The average molecular weight is 429 g/mol. The highest BCUT2D eigenvalue weighted by atomic mass is 16.5. The molecule has 0 atom stereocenters. The highest BCUT2D eigenvalue weighted by Gasteiger charge is 2.18. The van der Waals surface area contributed by atoms with E-state index in [0.717, 1.165) is 12.8 Å². The maximum atomic E-state index is 12.4. The SMILES string of the molecule is CCCCn1c(=O)[nH]c(=O)c2c1nc(COC(=O)c1cccc(OCC(N)=O)c1)n2C. The molecule has 0 unspecified atom stereocenters. The Labute approximate surface area is 176 Å². The summed E-state index contributed by atoms with van der Waals surface area (Å²) in [5, 5.41) is 0. The Balaban J connectivity index is 1.82. The smallest absolute Gasteiger partial charge is 0.338 e. The average Bonchev–Trinajstić information content (AvgIpc) is 3.07. The molecule has 0 radical (unpaired) electrons. The molecule has 3 rings (SSSR count). The van der Waals surface area contributed by atoms with E-state index in [0.29, 0.717) is 18.1 Å². The maximum Gasteiger partial charge on any atom is 0.338 e. The fraction of sp³-hybridized carbons (Fsp3) is 0.350. The zero-order chi connectivity index (χ0) is 22.5. The number of esters is 1. The minimum absolute atomic E-state index is 0.207. The molecular weight excluding hydrogens is 406 g/mol. The summed E-state index contributed by atoms with van der Waals surface area (Å²) < 4.78 is 13.4. The minimum Gasteiger partial charge on any atom is -0.484 e. The number of rotatable bonds is 9. The van der Waals surface area contributed by atoms with Gasteiger partial charge >= 0.3 is 11.7 Å². The second-order valence-electron chi connectivity index (χ2n) is 6.88. The number of aromatic nitrogens is 4. The van der Waals surface area contributed by atoms with E-state index < -0.39 is 23.1 Å². The number of carbonyl (C=O) groups is 2. The normalized spacial score (nSPS) is 10.9. The van der Waals surface area contributed by atoms with Gasteiger partial charge in [-0.2, -0.15) is 0 Å². The van der Waals surface area contributed by atoms with Crippen molar-refractivity contribution in [3.8, 4) is 5.75 Å². The first-order valence-electron chi connectivity index (χ1n) is 9.68. The third-order valence-corrected chi connectivity index (χ3v) is 4.62. The predicted molar refractivity (Wildman–Crippen MR) is 111 cm³/mol. The molecule has 0 fully saturated rings. The largest absolute Gasteiger partial charge is 0.484 e. The van der Waals surface area contributed by atoms with Gasteiger partial charge in [0.15, 0.2) is 17.8 Å². The van der Waals surface area contributed by atoms with Gasteiger partial charge in [-0.05, 0) is 24.6 Å². The topological polar surface area (TPSA) is 151 Å². The lowest BCUT2D eigenvalue weighted by molar-refractivity contribution is -0.119. The number of hydrogen-bond acceptors (Lipinski definition) is 7. The Kier molecular flexibility index (Phi) is 6.53. The fourth-order valence-electron chi connectivity index (χ4n) is 3.02. The molecule has 0 spiro atoms. The number of imidazole rings is 1. The lowest BCUT2D eigenvalue weighted by Gasteiger charge is -2.07. The first kappa shape index (κ1) is 21.8. The molecule has 0 aliphatic rings. The van der Waals surface area contributed by atoms with Crippen LogP contribution in [0.25, 0.3) is 11.2 Å². The van der Waals surface area contributed by atoms with Crippen molar-refractivity contribution in [3.05, 3.63) is 56.5 Å². The molecule has 2 heterocycles. The van der Waals surface area contributed by atoms with E-state index in [2.05, 4.69) is 9.97 Å². The van der Waals surface area contributed by atoms with E-state index in [1.807, 2.05) is 6.92 Å². The van der Waals surface area contributed by atoms with Crippen molar-refractivity contribution in [2.75, 3.05) is 6.61 Å². The quantitative estimate of drug-likeness (QED) is 0.468. The lowest BCUT2D eigenvalue weighted by Crippen LogP contribution is -2.31. The molecule has 0 saturated carbocycles. The summed E-state index contributed by atoms with van der Waals surface area (Å²) in [4.78, 5) is 54.4. The number of carbonyl (C=O) groups excluding carboxylic acids is 2. The summed E-state index contributed by atoms with van der Waals surface area (Å²) >= 11 is 0. The molecule has 2 aromatic heterocycles. The number of aromatic amines is 1. The number of primary amides is 1. The summed E-state index contributed by atoms with van der Waals surface area (Å²) in [6.45, 7) is 1.88. The molecule has 0 saturated heterocycles. The van der Waals surface area contributed by atoms with Crippen molar-refractivity contribution in [1.29, 1.82) is 0 Å². The Morgan fingerprint density at radius 1 is 1.26 bits per heavy atom. The van der Waals surface area contributed by atoms with Crippen molar-refractivity contribution >= 4 is 23.0 Å². The first-order chi connectivity index (χ1) is 14.8. The van der Waals surface area contributed by atoms with Gasteiger partial charge in [0.2, 0.25) is 0 Å². The van der Waals surface area contributed by atoms with Gasteiger partial charge in [-0.1, -0.05) is 19.4 Å². The van der Waals surface area contributed by atoms with Crippen LogP contribution in [0, 0.1) is 0 Å². The van der Waals surface area contributed by atoms with Crippen molar-refractivity contribution in [2.45, 2.75) is 32.9 Å². The summed E-state index contributed by atoms with van der Waals surface area (Å²) in [6.07, 6.45) is 1.61. The van der Waals surface area contributed by atoms with Crippen LogP contribution in [0.1, 0.15) is 35.9 Å². The molecular formula is C20H23N5O6. The molecule has 0 aliphatic carbocycles. The number of ether oxygens (including phenoxy) is 2. The van der Waals surface area contributed by atoms with E-state index >= 15 is 0 Å². The number of H-pyrrole nitrogens is 1. The molecule has 0 bridgehead atoms. The van der Waals surface area contributed by atoms with Crippen molar-refractivity contribution in [3.63, 3.8) is 0 Å². The molecule has 11 nitrogen and oxygen atoms in total. The molecule has 11 heteroatoms. The molecule has 31 heavy (non-hydrogen) atoms. The van der Waals surface area contributed by atoms with Crippen LogP contribution in [0.2, 0.25) is 0 Å². The second kappa shape index (κ2) is 9.28. The number of aryl methyl sites for hydroxylation is 2. The Bertz CT molecular complexity index is 1240. The third-order valence-electron chi connectivity index (χ3n) is 4.62. The molecule has 1 aromatic carbocycles. The van der Waals surface area contributed by atoms with Crippen LogP contribution < -0.4 is 21.7 Å². The number of amides is 1. The zero-order valence-electron chi connectivity index (χ0n) is 17.2. The van der Waals surface area contributed by atoms with Gasteiger partial charge in [0.25, 0.3) is 11.5 Å². The van der Waals surface area contributed by atoms with Crippen LogP contribution >= 0.6 is 0 Å². The van der Waals surface area contributed by atoms with Crippen molar-refractivity contribution in [2.24, 2.45) is 12.8 Å². The highest BCUT2D eigenvalue weighted by Crippen LogP contribution is 2.16. The van der Waals surface area contributed by atoms with Gasteiger partial charge in [-0.15, -0.1) is 0 Å². The zero-order valence-corrected chi connectivity index (χ0v) is 17.2. The van der Waals surface area contributed by atoms with Gasteiger partial charge in [0.1, 0.15) is 18.2 Å². The van der Waals surface area contributed by atoms with Gasteiger partial charge in [0.05, 0.1) is 5.56 Å². The number of hydrogen-bond donors (Lipinski definition) is 2. The number of nitrogens with zero attached hydrogens (tertiary/aromatic N) is 3. The van der Waals surface area contributed by atoms with Crippen LogP contribution in [0.15, 0.2) is 33.9 Å². The number of nitrogens with one attached hydrogen (secondary N) is 1. The Morgan fingerprint density at radius 3 is 2.74 bits per heavy atom. The van der Waals surface area contributed by atoms with Crippen molar-refractivity contribution in [1.82, 2.24) is 19.1 Å². The number of fused-ring (bicyclic) bond motifs is 1. The third kappa shape index (κ3) is 4.82. The second-order valence-corrected chi connectivity index (χ2v) is 6.88. The molecule has 0 aliphatic heterocycles. The van der Waals surface area contributed by atoms with Crippen molar-refractivity contribution < 1.29 is 19.1 Å². The molecule has 3 N–H and O–H groups in total. The fourth-order valence-corrected chi connectivity index (χ4v) is 3.02.